The highest BCUT2D eigenvalue weighted by molar-refractivity contribution is 7.87. The van der Waals surface area contributed by atoms with Crippen molar-refractivity contribution in [3.63, 3.8) is 0 Å². The Morgan fingerprint density at radius 1 is 0.875 bits per heavy atom. The zero-order valence-electron chi connectivity index (χ0n) is 12.5. The Hall–Kier alpha value is -2.50. The molecule has 3 aromatic carbocycles. The van der Waals surface area contributed by atoms with Crippen LogP contribution in [0.3, 0.4) is 0 Å². The number of hydrogen-bond acceptors (Lipinski definition) is 3. The van der Waals surface area contributed by atoms with E-state index >= 15 is 0 Å². The Morgan fingerprint density at radius 2 is 1.42 bits per heavy atom. The summed E-state index contributed by atoms with van der Waals surface area (Å²) < 4.78 is 4.78. The third-order valence-electron chi connectivity index (χ3n) is 3.26. The molecule has 0 aliphatic heterocycles. The number of hydrogen-bond donors (Lipinski definition) is 0. The molecule has 0 atom stereocenters. The van der Waals surface area contributed by atoms with E-state index in [-0.39, 0.29) is 10.7 Å². The van der Waals surface area contributed by atoms with E-state index in [0.717, 1.165) is 9.79 Å². The maximum Gasteiger partial charge on any atom is 0.288 e. The molecule has 3 rings (SSSR count). The Bertz CT molecular complexity index is 858. The topological polar surface area (TPSA) is 55.5 Å². The number of nitro benzene ring substituents is 1. The zero-order chi connectivity index (χ0) is 16.9. The van der Waals surface area contributed by atoms with Crippen LogP contribution in [0, 0.1) is 10.1 Å². The summed E-state index contributed by atoms with van der Waals surface area (Å²) in [5, 5.41) is 11.0. The lowest BCUT2D eigenvalue weighted by atomic mass is 10.3. The fourth-order valence-electron chi connectivity index (χ4n) is 2.15. The van der Waals surface area contributed by atoms with Gasteiger partial charge in [-0.25, -0.2) is 4.36 Å². The van der Waals surface area contributed by atoms with E-state index in [1.165, 1.54) is 12.1 Å². The fourth-order valence-corrected chi connectivity index (χ4v) is 4.03. The summed E-state index contributed by atoms with van der Waals surface area (Å²) in [5.41, 5.74) is 0.497. The molecule has 0 bridgehead atoms. The number of nitro groups is 1. The summed E-state index contributed by atoms with van der Waals surface area (Å²) in [7, 11) is -0.531. The Labute approximate surface area is 147 Å². The minimum Gasteiger partial charge on any atom is -0.258 e. The van der Waals surface area contributed by atoms with Crippen molar-refractivity contribution in [1.29, 1.82) is 0 Å². The number of nitrogens with zero attached hydrogens (tertiary/aromatic N) is 2. The average Bonchev–Trinajstić information content (AvgIpc) is 2.61. The number of rotatable bonds is 4. The van der Waals surface area contributed by atoms with Crippen LogP contribution in [0.4, 0.5) is 11.4 Å². The van der Waals surface area contributed by atoms with Crippen LogP contribution >= 0.6 is 11.6 Å². The van der Waals surface area contributed by atoms with E-state index in [2.05, 4.69) is 0 Å². The molecule has 0 unspecified atom stereocenters. The fraction of sp³-hybridized carbons (Fsp3) is 0. The summed E-state index contributed by atoms with van der Waals surface area (Å²) in [6, 6.07) is 24.4. The van der Waals surface area contributed by atoms with Gasteiger partial charge in [0.15, 0.2) is 0 Å². The summed E-state index contributed by atoms with van der Waals surface area (Å²) in [4.78, 5) is 12.5. The summed E-state index contributed by atoms with van der Waals surface area (Å²) in [6.07, 6.45) is 0. The van der Waals surface area contributed by atoms with E-state index in [4.69, 9.17) is 16.0 Å². The first kappa shape index (κ1) is 16.4. The van der Waals surface area contributed by atoms with Crippen molar-refractivity contribution in [2.45, 2.75) is 9.79 Å². The Morgan fingerprint density at radius 3 is 1.88 bits per heavy atom. The lowest BCUT2D eigenvalue weighted by Gasteiger charge is -2.09. The number of halogens is 1. The molecule has 0 radical (unpaired) electrons. The third-order valence-corrected chi connectivity index (χ3v) is 5.39. The largest absolute Gasteiger partial charge is 0.288 e. The summed E-state index contributed by atoms with van der Waals surface area (Å²) >= 11 is 6.00. The standard InChI is InChI=1S/C18H13ClN2O2S/c19-17-13-14(11-12-18(17)21(22)23)20-24(15-7-3-1-4-8-15)16-9-5-2-6-10-16/h1-13H. The second kappa shape index (κ2) is 7.38. The third kappa shape index (κ3) is 3.69. The van der Waals surface area contributed by atoms with Crippen LogP contribution in [-0.4, -0.2) is 4.92 Å². The van der Waals surface area contributed by atoms with Crippen molar-refractivity contribution < 1.29 is 4.92 Å². The minimum absolute atomic E-state index is 0.0888. The van der Waals surface area contributed by atoms with Gasteiger partial charge in [0.05, 0.1) is 10.6 Å². The average molecular weight is 357 g/mol. The van der Waals surface area contributed by atoms with Crippen LogP contribution in [0.5, 0.6) is 0 Å². The quantitative estimate of drug-likeness (QED) is 0.438. The van der Waals surface area contributed by atoms with Gasteiger partial charge >= 0.3 is 0 Å². The van der Waals surface area contributed by atoms with Crippen LogP contribution in [0.1, 0.15) is 0 Å². The second-order valence-corrected chi connectivity index (χ2v) is 7.00. The highest BCUT2D eigenvalue weighted by Gasteiger charge is 2.12. The lowest BCUT2D eigenvalue weighted by molar-refractivity contribution is -0.384. The minimum atomic E-state index is -0.531. The van der Waals surface area contributed by atoms with Crippen molar-refractivity contribution in [1.82, 2.24) is 0 Å². The van der Waals surface area contributed by atoms with Crippen molar-refractivity contribution in [3.05, 3.63) is 94.0 Å². The predicted molar refractivity (Wildman–Crippen MR) is 97.0 cm³/mol. The molecule has 0 heterocycles. The first-order valence-electron chi connectivity index (χ1n) is 7.15. The molecule has 3 aromatic rings. The maximum absolute atomic E-state index is 10.9. The molecule has 0 saturated heterocycles. The van der Waals surface area contributed by atoms with E-state index in [1.807, 2.05) is 60.7 Å². The van der Waals surface area contributed by atoms with Crippen LogP contribution in [0.15, 0.2) is 93.0 Å². The molecular weight excluding hydrogens is 344 g/mol. The molecule has 0 fully saturated rings. The molecule has 24 heavy (non-hydrogen) atoms. The maximum atomic E-state index is 10.9. The van der Waals surface area contributed by atoms with Gasteiger partial charge in [0.2, 0.25) is 0 Å². The lowest BCUT2D eigenvalue weighted by Crippen LogP contribution is -1.92. The van der Waals surface area contributed by atoms with Gasteiger partial charge in [-0.2, -0.15) is 0 Å². The van der Waals surface area contributed by atoms with Gasteiger partial charge in [-0.15, -0.1) is 0 Å². The van der Waals surface area contributed by atoms with Gasteiger partial charge in [-0.05, 0) is 47.1 Å². The van der Waals surface area contributed by atoms with Crippen LogP contribution in [-0.2, 0) is 10.7 Å². The molecule has 120 valence electrons. The van der Waals surface area contributed by atoms with E-state index in [0.29, 0.717) is 5.69 Å². The number of benzene rings is 3. The highest BCUT2D eigenvalue weighted by Crippen LogP contribution is 2.31. The molecule has 0 aromatic heterocycles. The van der Waals surface area contributed by atoms with Gasteiger partial charge in [-0.3, -0.25) is 10.1 Å². The van der Waals surface area contributed by atoms with Gasteiger partial charge in [0.1, 0.15) is 5.02 Å². The molecule has 0 saturated carbocycles. The van der Waals surface area contributed by atoms with Gasteiger partial charge in [0, 0.05) is 15.9 Å². The molecule has 4 nitrogen and oxygen atoms in total. The molecule has 0 N–H and O–H groups in total. The van der Waals surface area contributed by atoms with E-state index in [1.54, 1.807) is 6.07 Å². The molecule has 0 aliphatic rings. The Kier molecular flexibility index (Phi) is 5.03. The summed E-state index contributed by atoms with van der Waals surface area (Å²) in [6.45, 7) is 0. The molecule has 0 spiro atoms. The van der Waals surface area contributed by atoms with Crippen LogP contribution in [0.25, 0.3) is 0 Å². The van der Waals surface area contributed by atoms with Gasteiger partial charge in [-0.1, -0.05) is 48.0 Å². The second-order valence-electron chi connectivity index (χ2n) is 4.89. The van der Waals surface area contributed by atoms with Crippen molar-refractivity contribution in [3.8, 4) is 0 Å². The molecular formula is C18H13ClN2O2S. The normalized spacial score (nSPS) is 10.6. The van der Waals surface area contributed by atoms with Crippen molar-refractivity contribution in [2.75, 3.05) is 0 Å². The van der Waals surface area contributed by atoms with E-state index < -0.39 is 15.6 Å². The van der Waals surface area contributed by atoms with E-state index in [9.17, 15) is 10.1 Å². The smallest absolute Gasteiger partial charge is 0.258 e. The highest BCUT2D eigenvalue weighted by atomic mass is 35.5. The molecule has 0 aliphatic carbocycles. The monoisotopic (exact) mass is 356 g/mol. The van der Waals surface area contributed by atoms with Crippen LogP contribution < -0.4 is 0 Å². The Balaban J connectivity index is 2.11. The predicted octanol–water partition coefficient (Wildman–Crippen LogP) is 5.80. The summed E-state index contributed by atoms with van der Waals surface area (Å²) in [5.74, 6) is 0. The molecule has 0 amide bonds. The zero-order valence-corrected chi connectivity index (χ0v) is 14.1. The van der Waals surface area contributed by atoms with Crippen molar-refractivity contribution >= 4 is 33.7 Å². The first-order chi connectivity index (χ1) is 11.6. The van der Waals surface area contributed by atoms with Crippen LogP contribution in [0.2, 0.25) is 5.02 Å². The van der Waals surface area contributed by atoms with Gasteiger partial charge < -0.3 is 0 Å². The SMILES string of the molecule is O=[N+]([O-])c1ccc(N=S(c2ccccc2)c2ccccc2)cc1Cl. The van der Waals surface area contributed by atoms with Gasteiger partial charge in [0.25, 0.3) is 5.69 Å². The van der Waals surface area contributed by atoms with Crippen molar-refractivity contribution in [2.24, 2.45) is 4.36 Å². The first-order valence-corrected chi connectivity index (χ1v) is 8.71. The molecule has 6 heteroatoms.